The summed E-state index contributed by atoms with van der Waals surface area (Å²) in [5.74, 6) is -2.13. The molecule has 2 rings (SSSR count). The van der Waals surface area contributed by atoms with Gasteiger partial charge in [0.1, 0.15) is 0 Å². The molecule has 1 unspecified atom stereocenters. The predicted octanol–water partition coefficient (Wildman–Crippen LogP) is 2.96. The van der Waals surface area contributed by atoms with Crippen molar-refractivity contribution in [2.24, 2.45) is 0 Å². The van der Waals surface area contributed by atoms with Gasteiger partial charge in [-0.2, -0.15) is 0 Å². The van der Waals surface area contributed by atoms with Crippen LogP contribution < -0.4 is 5.32 Å². The van der Waals surface area contributed by atoms with Crippen LogP contribution in [0.15, 0.2) is 24.3 Å². The van der Waals surface area contributed by atoms with Crippen molar-refractivity contribution in [3.8, 4) is 0 Å². The zero-order valence-electron chi connectivity index (χ0n) is 9.47. The molecular formula is C13H17F2N. The molecule has 1 fully saturated rings. The van der Waals surface area contributed by atoms with E-state index in [0.29, 0.717) is 5.92 Å². The van der Waals surface area contributed by atoms with Crippen molar-refractivity contribution < 1.29 is 8.78 Å². The summed E-state index contributed by atoms with van der Waals surface area (Å²) in [4.78, 5) is 0. The predicted molar refractivity (Wildman–Crippen MR) is 61.0 cm³/mol. The number of halogens is 2. The molecule has 1 aromatic carbocycles. The first-order chi connectivity index (χ1) is 7.54. The molecule has 0 radical (unpaired) electrons. The first-order valence-corrected chi connectivity index (χ1v) is 5.72. The van der Waals surface area contributed by atoms with Crippen molar-refractivity contribution in [3.05, 3.63) is 35.4 Å². The van der Waals surface area contributed by atoms with Crippen LogP contribution in [0.4, 0.5) is 8.78 Å². The van der Waals surface area contributed by atoms with Crippen LogP contribution in [-0.4, -0.2) is 19.0 Å². The quantitative estimate of drug-likeness (QED) is 0.834. The Kier molecular flexibility index (Phi) is 3.24. The summed E-state index contributed by atoms with van der Waals surface area (Å²) in [6.45, 7) is 2.96. The highest BCUT2D eigenvalue weighted by molar-refractivity contribution is 5.28. The maximum Gasteiger partial charge on any atom is 0.249 e. The number of benzene rings is 1. The molecule has 0 aromatic heterocycles. The van der Waals surface area contributed by atoms with Crippen LogP contribution in [-0.2, 0) is 6.42 Å². The number of hydrogen-bond donors (Lipinski definition) is 1. The Hall–Kier alpha value is -0.960. The van der Waals surface area contributed by atoms with Gasteiger partial charge in [0.05, 0.1) is 0 Å². The molecule has 0 spiro atoms. The molecule has 1 N–H and O–H groups in total. The van der Waals surface area contributed by atoms with E-state index in [1.807, 2.05) is 18.2 Å². The van der Waals surface area contributed by atoms with Crippen LogP contribution in [0.2, 0.25) is 0 Å². The van der Waals surface area contributed by atoms with E-state index < -0.39 is 5.92 Å². The molecule has 0 saturated carbocycles. The Bertz CT molecular complexity index is 351. The minimum atomic E-state index is -2.62. The maximum atomic E-state index is 12.9. The molecule has 0 aliphatic carbocycles. The average molecular weight is 225 g/mol. The Morgan fingerprint density at radius 1 is 1.44 bits per heavy atom. The molecule has 1 atom stereocenters. The van der Waals surface area contributed by atoms with Crippen molar-refractivity contribution in [2.45, 2.75) is 31.6 Å². The highest BCUT2D eigenvalue weighted by atomic mass is 19.3. The summed E-state index contributed by atoms with van der Waals surface area (Å²) < 4.78 is 25.8. The van der Waals surface area contributed by atoms with Crippen molar-refractivity contribution in [3.63, 3.8) is 0 Å². The van der Waals surface area contributed by atoms with Crippen molar-refractivity contribution in [2.75, 3.05) is 13.1 Å². The third-order valence-corrected chi connectivity index (χ3v) is 3.00. The summed E-state index contributed by atoms with van der Waals surface area (Å²) >= 11 is 0. The van der Waals surface area contributed by atoms with Gasteiger partial charge in [0, 0.05) is 13.0 Å². The van der Waals surface area contributed by atoms with E-state index in [1.54, 1.807) is 6.07 Å². The first kappa shape index (κ1) is 11.5. The van der Waals surface area contributed by atoms with Crippen molar-refractivity contribution >= 4 is 0 Å². The average Bonchev–Trinajstić information content (AvgIpc) is 2.68. The Morgan fingerprint density at radius 2 is 2.25 bits per heavy atom. The Balaban J connectivity index is 2.12. The first-order valence-electron chi connectivity index (χ1n) is 5.72. The molecule has 1 aromatic rings. The van der Waals surface area contributed by atoms with Gasteiger partial charge in [-0.05, 0) is 36.9 Å². The van der Waals surface area contributed by atoms with Crippen molar-refractivity contribution in [1.82, 2.24) is 5.32 Å². The topological polar surface area (TPSA) is 12.0 Å². The zero-order valence-corrected chi connectivity index (χ0v) is 9.47. The highest BCUT2D eigenvalue weighted by Crippen LogP contribution is 2.25. The number of rotatable bonds is 3. The van der Waals surface area contributed by atoms with Crippen LogP contribution in [0.5, 0.6) is 0 Å². The summed E-state index contributed by atoms with van der Waals surface area (Å²) in [6.07, 6.45) is 0.937. The lowest BCUT2D eigenvalue weighted by Crippen LogP contribution is -2.14. The van der Waals surface area contributed by atoms with Crippen LogP contribution in [0.1, 0.15) is 30.4 Å². The molecule has 1 saturated heterocycles. The van der Waals surface area contributed by atoms with Gasteiger partial charge in [-0.25, -0.2) is 8.78 Å². The van der Waals surface area contributed by atoms with E-state index in [0.717, 1.165) is 32.0 Å². The lowest BCUT2D eigenvalue weighted by molar-refractivity contribution is 0.0226. The van der Waals surface area contributed by atoms with Crippen LogP contribution in [0.3, 0.4) is 0 Å². The molecule has 3 heteroatoms. The third-order valence-electron chi connectivity index (χ3n) is 3.00. The number of hydrogen-bond acceptors (Lipinski definition) is 1. The van der Waals surface area contributed by atoms with Gasteiger partial charge in [0.25, 0.3) is 0 Å². The minimum Gasteiger partial charge on any atom is -0.316 e. The van der Waals surface area contributed by atoms with E-state index in [-0.39, 0.29) is 6.42 Å². The minimum absolute atomic E-state index is 0.166. The van der Waals surface area contributed by atoms with Crippen LogP contribution in [0, 0.1) is 0 Å². The number of nitrogens with one attached hydrogen (secondary N) is 1. The highest BCUT2D eigenvalue weighted by Gasteiger charge is 2.22. The van der Waals surface area contributed by atoms with Gasteiger partial charge >= 0.3 is 0 Å². The van der Waals surface area contributed by atoms with Gasteiger partial charge < -0.3 is 5.32 Å². The van der Waals surface area contributed by atoms with E-state index in [4.69, 9.17) is 0 Å². The smallest absolute Gasteiger partial charge is 0.249 e. The van der Waals surface area contributed by atoms with Gasteiger partial charge in [-0.3, -0.25) is 0 Å². The second kappa shape index (κ2) is 4.50. The molecule has 1 aliphatic rings. The Labute approximate surface area is 94.9 Å². The van der Waals surface area contributed by atoms with Gasteiger partial charge in [-0.15, -0.1) is 0 Å². The fourth-order valence-electron chi connectivity index (χ4n) is 2.25. The largest absolute Gasteiger partial charge is 0.316 e. The fraction of sp³-hybridized carbons (Fsp3) is 0.538. The van der Waals surface area contributed by atoms with E-state index >= 15 is 0 Å². The molecule has 0 amide bonds. The molecule has 0 bridgehead atoms. The molecular weight excluding hydrogens is 208 g/mol. The normalized spacial score (nSPS) is 21.3. The Morgan fingerprint density at radius 3 is 2.88 bits per heavy atom. The SMILES string of the molecule is CC(F)(F)Cc1cccc(C2CCNC2)c1. The van der Waals surface area contributed by atoms with Crippen LogP contribution in [0.25, 0.3) is 0 Å². The lowest BCUT2D eigenvalue weighted by atomic mass is 9.95. The van der Waals surface area contributed by atoms with Gasteiger partial charge in [0.15, 0.2) is 0 Å². The summed E-state index contributed by atoms with van der Waals surface area (Å²) in [7, 11) is 0. The molecule has 1 heterocycles. The molecule has 88 valence electrons. The van der Waals surface area contributed by atoms with Gasteiger partial charge in [-0.1, -0.05) is 24.3 Å². The number of alkyl halides is 2. The fourth-order valence-corrected chi connectivity index (χ4v) is 2.25. The lowest BCUT2D eigenvalue weighted by Gasteiger charge is -2.13. The van der Waals surface area contributed by atoms with Crippen LogP contribution >= 0.6 is 0 Å². The van der Waals surface area contributed by atoms with E-state index in [9.17, 15) is 8.78 Å². The van der Waals surface area contributed by atoms with E-state index in [2.05, 4.69) is 5.32 Å². The summed E-state index contributed by atoms with van der Waals surface area (Å²) in [6, 6.07) is 7.63. The summed E-state index contributed by atoms with van der Waals surface area (Å²) in [5, 5.41) is 3.29. The second-order valence-corrected chi connectivity index (χ2v) is 4.68. The second-order valence-electron chi connectivity index (χ2n) is 4.68. The monoisotopic (exact) mass is 225 g/mol. The molecule has 1 aliphatic heterocycles. The van der Waals surface area contributed by atoms with E-state index in [1.165, 1.54) is 5.56 Å². The zero-order chi connectivity index (χ0) is 11.6. The standard InChI is InChI=1S/C13H17F2N/c1-13(14,15)8-10-3-2-4-11(7-10)12-5-6-16-9-12/h2-4,7,12,16H,5-6,8-9H2,1H3. The molecule has 16 heavy (non-hydrogen) atoms. The van der Waals surface area contributed by atoms with Gasteiger partial charge in [0.2, 0.25) is 5.92 Å². The van der Waals surface area contributed by atoms with Crippen molar-refractivity contribution in [1.29, 1.82) is 0 Å². The maximum absolute atomic E-state index is 12.9. The summed E-state index contributed by atoms with van der Waals surface area (Å²) in [5.41, 5.74) is 1.92. The third kappa shape index (κ3) is 3.01. The molecule has 1 nitrogen and oxygen atoms in total.